The van der Waals surface area contributed by atoms with Crippen LogP contribution in [0.1, 0.15) is 57.8 Å². The van der Waals surface area contributed by atoms with Crippen LogP contribution in [0.5, 0.6) is 0 Å². The Morgan fingerprint density at radius 3 is 2.70 bits per heavy atom. The molecule has 174 valence electrons. The number of aliphatic hydroxyl groups is 1. The molecule has 4 atom stereocenters. The number of carbonyl (C=O) groups excluding carboxylic acids is 1. The number of ether oxygens (including phenoxy) is 2. The maximum absolute atomic E-state index is 12.3. The van der Waals surface area contributed by atoms with Crippen LogP contribution >= 0.6 is 0 Å². The van der Waals surface area contributed by atoms with Gasteiger partial charge >= 0.3 is 0 Å². The van der Waals surface area contributed by atoms with Crippen molar-refractivity contribution in [1.29, 1.82) is 0 Å². The van der Waals surface area contributed by atoms with Crippen LogP contribution in [0.15, 0.2) is 0 Å². The highest BCUT2D eigenvalue weighted by molar-refractivity contribution is 5.76. The lowest BCUT2D eigenvalue weighted by Gasteiger charge is -2.45. The van der Waals surface area contributed by atoms with Gasteiger partial charge in [-0.2, -0.15) is 0 Å². The highest BCUT2D eigenvalue weighted by atomic mass is 16.5. The highest BCUT2D eigenvalue weighted by Gasteiger charge is 2.38. The molecule has 0 aromatic carbocycles. The number of β-amino-alcohol motifs (C(OH)–C–C–N with tert-alkyl or cyclic N) is 1. The van der Waals surface area contributed by atoms with Crippen molar-refractivity contribution in [3.63, 3.8) is 0 Å². The smallest absolute Gasteiger partial charge is 0.222 e. The van der Waals surface area contributed by atoms with E-state index in [2.05, 4.69) is 15.1 Å². The molecule has 0 unspecified atom stereocenters. The summed E-state index contributed by atoms with van der Waals surface area (Å²) in [6.07, 6.45) is 9.44. The van der Waals surface area contributed by atoms with Gasteiger partial charge in [0.15, 0.2) is 0 Å². The SMILES string of the molecule is CN(C)CCCNC(=O)C[C@H]1CC[C@@H]2[C@H](COC[C@H](O)CN2CC2CCCCC2)O1. The van der Waals surface area contributed by atoms with Crippen LogP contribution < -0.4 is 5.32 Å². The summed E-state index contributed by atoms with van der Waals surface area (Å²) in [4.78, 5) is 16.9. The average Bonchev–Trinajstić information content (AvgIpc) is 2.70. The molecule has 1 amide bonds. The number of nitrogens with zero attached hydrogens (tertiary/aromatic N) is 2. The van der Waals surface area contributed by atoms with Crippen LogP contribution in [-0.2, 0) is 14.3 Å². The molecule has 2 saturated heterocycles. The second-order valence-electron chi connectivity index (χ2n) is 9.80. The molecular formula is C23H43N3O4. The summed E-state index contributed by atoms with van der Waals surface area (Å²) < 4.78 is 12.1. The van der Waals surface area contributed by atoms with Crippen molar-refractivity contribution >= 4 is 5.91 Å². The van der Waals surface area contributed by atoms with E-state index in [1.54, 1.807) is 0 Å². The van der Waals surface area contributed by atoms with Gasteiger partial charge in [-0.25, -0.2) is 0 Å². The lowest BCUT2D eigenvalue weighted by molar-refractivity contribution is -0.158. The molecule has 0 bridgehead atoms. The number of hydrogen-bond donors (Lipinski definition) is 2. The predicted octanol–water partition coefficient (Wildman–Crippen LogP) is 1.63. The first-order valence-corrected chi connectivity index (χ1v) is 12.1. The van der Waals surface area contributed by atoms with Crippen LogP contribution in [-0.4, -0.2) is 98.7 Å². The second-order valence-corrected chi connectivity index (χ2v) is 9.80. The van der Waals surface area contributed by atoms with Crippen molar-refractivity contribution in [2.45, 2.75) is 82.1 Å². The van der Waals surface area contributed by atoms with Crippen molar-refractivity contribution in [2.24, 2.45) is 5.92 Å². The van der Waals surface area contributed by atoms with Crippen LogP contribution in [0, 0.1) is 5.92 Å². The van der Waals surface area contributed by atoms with Gasteiger partial charge in [0, 0.05) is 25.7 Å². The van der Waals surface area contributed by atoms with E-state index in [1.807, 2.05) is 14.1 Å². The monoisotopic (exact) mass is 425 g/mol. The first kappa shape index (κ1) is 23.9. The Morgan fingerprint density at radius 1 is 1.13 bits per heavy atom. The third-order valence-electron chi connectivity index (χ3n) is 6.82. The molecule has 7 nitrogen and oxygen atoms in total. The molecule has 0 radical (unpaired) electrons. The second kappa shape index (κ2) is 12.3. The summed E-state index contributed by atoms with van der Waals surface area (Å²) in [5.74, 6) is 0.816. The van der Waals surface area contributed by atoms with Crippen molar-refractivity contribution in [3.8, 4) is 0 Å². The fourth-order valence-electron chi connectivity index (χ4n) is 5.26. The Balaban J connectivity index is 1.49. The van der Waals surface area contributed by atoms with Gasteiger partial charge < -0.3 is 24.8 Å². The normalized spacial score (nSPS) is 31.7. The number of hydrogen-bond acceptors (Lipinski definition) is 6. The molecule has 3 rings (SSSR count). The number of fused-ring (bicyclic) bond motifs is 1. The first-order chi connectivity index (χ1) is 14.5. The molecule has 30 heavy (non-hydrogen) atoms. The minimum absolute atomic E-state index is 0.0126. The summed E-state index contributed by atoms with van der Waals surface area (Å²) in [7, 11) is 4.09. The zero-order valence-electron chi connectivity index (χ0n) is 19.1. The molecule has 1 saturated carbocycles. The van der Waals surface area contributed by atoms with Crippen molar-refractivity contribution in [1.82, 2.24) is 15.1 Å². The third kappa shape index (κ3) is 7.75. The minimum Gasteiger partial charge on any atom is -0.389 e. The van der Waals surface area contributed by atoms with Gasteiger partial charge in [0.2, 0.25) is 5.91 Å². The number of amides is 1. The van der Waals surface area contributed by atoms with E-state index in [-0.39, 0.29) is 24.2 Å². The van der Waals surface area contributed by atoms with Crippen LogP contribution in [0.2, 0.25) is 0 Å². The quantitative estimate of drug-likeness (QED) is 0.576. The topological polar surface area (TPSA) is 74.3 Å². The van der Waals surface area contributed by atoms with E-state index in [1.165, 1.54) is 32.1 Å². The van der Waals surface area contributed by atoms with Crippen molar-refractivity contribution < 1.29 is 19.4 Å². The number of rotatable bonds is 8. The summed E-state index contributed by atoms with van der Waals surface area (Å²) >= 11 is 0. The molecule has 1 aliphatic carbocycles. The van der Waals surface area contributed by atoms with E-state index in [0.29, 0.717) is 32.7 Å². The third-order valence-corrected chi connectivity index (χ3v) is 6.82. The van der Waals surface area contributed by atoms with Crippen LogP contribution in [0.25, 0.3) is 0 Å². The molecule has 2 aliphatic heterocycles. The molecule has 2 N–H and O–H groups in total. The average molecular weight is 426 g/mol. The lowest BCUT2D eigenvalue weighted by atomic mass is 9.87. The van der Waals surface area contributed by atoms with Gasteiger partial charge in [0.1, 0.15) is 0 Å². The van der Waals surface area contributed by atoms with Crippen molar-refractivity contribution in [3.05, 3.63) is 0 Å². The van der Waals surface area contributed by atoms with Crippen LogP contribution in [0.4, 0.5) is 0 Å². The maximum atomic E-state index is 12.3. The van der Waals surface area contributed by atoms with Gasteiger partial charge in [-0.1, -0.05) is 19.3 Å². The zero-order valence-corrected chi connectivity index (χ0v) is 19.1. The molecule has 0 spiro atoms. The van der Waals surface area contributed by atoms with E-state index >= 15 is 0 Å². The van der Waals surface area contributed by atoms with Crippen molar-refractivity contribution in [2.75, 3.05) is 53.5 Å². The van der Waals surface area contributed by atoms with Gasteiger partial charge in [0.25, 0.3) is 0 Å². The fourth-order valence-corrected chi connectivity index (χ4v) is 5.26. The number of nitrogens with one attached hydrogen (secondary N) is 1. The van der Waals surface area contributed by atoms with E-state index < -0.39 is 6.10 Å². The summed E-state index contributed by atoms with van der Waals surface area (Å²) in [5.41, 5.74) is 0. The number of carbonyl (C=O) groups is 1. The molecule has 0 aromatic heterocycles. The van der Waals surface area contributed by atoms with Gasteiger partial charge in [0.05, 0.1) is 37.9 Å². The lowest BCUT2D eigenvalue weighted by Crippen LogP contribution is -2.56. The minimum atomic E-state index is -0.430. The fraction of sp³-hybridized carbons (Fsp3) is 0.957. The van der Waals surface area contributed by atoms with E-state index in [4.69, 9.17) is 9.47 Å². The molecule has 7 heteroatoms. The summed E-state index contributed by atoms with van der Waals surface area (Å²) in [6.45, 7) is 4.28. The van der Waals surface area contributed by atoms with E-state index in [0.717, 1.165) is 38.3 Å². The zero-order chi connectivity index (χ0) is 21.3. The Bertz CT molecular complexity index is 513. The standard InChI is InChI=1S/C23H43N3O4/c1-25(2)12-6-11-24-23(28)13-20-9-10-21-22(30-20)17-29-16-19(27)15-26(21)14-18-7-4-3-5-8-18/h18-22,27H,3-17H2,1-2H3,(H,24,28)/t19-,20-,21-,22+/m1/s1. The van der Waals surface area contributed by atoms with Gasteiger partial charge in [-0.3, -0.25) is 9.69 Å². The molecule has 3 fully saturated rings. The highest BCUT2D eigenvalue weighted by Crippen LogP contribution is 2.31. The Labute approximate surface area is 182 Å². The first-order valence-electron chi connectivity index (χ1n) is 12.1. The van der Waals surface area contributed by atoms with Gasteiger partial charge in [-0.05, 0) is 58.7 Å². The van der Waals surface area contributed by atoms with Gasteiger partial charge in [-0.15, -0.1) is 0 Å². The van der Waals surface area contributed by atoms with Crippen LogP contribution in [0.3, 0.4) is 0 Å². The maximum Gasteiger partial charge on any atom is 0.222 e. The molecule has 2 heterocycles. The number of aliphatic hydroxyl groups excluding tert-OH is 1. The Morgan fingerprint density at radius 2 is 1.93 bits per heavy atom. The summed E-state index contributed by atoms with van der Waals surface area (Å²) in [5, 5.41) is 13.4. The Hall–Kier alpha value is -0.730. The van der Waals surface area contributed by atoms with E-state index in [9.17, 15) is 9.90 Å². The summed E-state index contributed by atoms with van der Waals surface area (Å²) in [6, 6.07) is 0.279. The molecular weight excluding hydrogens is 382 g/mol. The predicted molar refractivity (Wildman–Crippen MR) is 117 cm³/mol. The molecule has 3 aliphatic rings. The molecule has 0 aromatic rings. The largest absolute Gasteiger partial charge is 0.389 e. The Kier molecular flexibility index (Phi) is 9.84.